The van der Waals surface area contributed by atoms with Gasteiger partial charge in [0.25, 0.3) is 0 Å². The maximum atomic E-state index is 13.3. The molecule has 3 aromatic carbocycles. The van der Waals surface area contributed by atoms with Gasteiger partial charge >= 0.3 is 0 Å². The Kier molecular flexibility index (Phi) is 5.56. The number of benzene rings is 3. The molecule has 5 nitrogen and oxygen atoms in total. The number of rotatable bonds is 6. The predicted molar refractivity (Wildman–Crippen MR) is 112 cm³/mol. The predicted octanol–water partition coefficient (Wildman–Crippen LogP) is 5.37. The standard InChI is InChI=1S/C23H18F2N2O3S/c1-15-2-4-16(5-3-15)14-26-22-23(31(28,29)20-12-10-19(25)11-13-20)27-21(30-22)17-6-8-18(24)9-7-17/h2-13,26H,14H2,1H3. The van der Waals surface area contributed by atoms with Crippen molar-refractivity contribution in [3.63, 3.8) is 0 Å². The monoisotopic (exact) mass is 440 g/mol. The van der Waals surface area contributed by atoms with Gasteiger partial charge < -0.3 is 9.73 Å². The van der Waals surface area contributed by atoms with Crippen LogP contribution < -0.4 is 5.32 Å². The van der Waals surface area contributed by atoms with E-state index in [1.165, 1.54) is 36.4 Å². The first-order chi connectivity index (χ1) is 14.8. The summed E-state index contributed by atoms with van der Waals surface area (Å²) in [7, 11) is -4.10. The highest BCUT2D eigenvalue weighted by Crippen LogP contribution is 2.32. The highest BCUT2D eigenvalue weighted by Gasteiger charge is 2.28. The van der Waals surface area contributed by atoms with Gasteiger partial charge in [0.15, 0.2) is 0 Å². The Bertz CT molecular complexity index is 1300. The molecule has 0 fully saturated rings. The lowest BCUT2D eigenvalue weighted by Crippen LogP contribution is -2.07. The third-order valence-corrected chi connectivity index (χ3v) is 6.32. The molecular formula is C23H18F2N2O3S. The zero-order valence-electron chi connectivity index (χ0n) is 16.5. The van der Waals surface area contributed by atoms with Crippen molar-refractivity contribution in [2.45, 2.75) is 23.4 Å². The van der Waals surface area contributed by atoms with Crippen LogP contribution in [0, 0.1) is 18.6 Å². The number of anilines is 1. The Hall–Kier alpha value is -3.52. The van der Waals surface area contributed by atoms with Crippen LogP contribution in [-0.2, 0) is 16.4 Å². The third-order valence-electron chi connectivity index (χ3n) is 4.64. The molecular weight excluding hydrogens is 422 g/mol. The zero-order chi connectivity index (χ0) is 22.0. The van der Waals surface area contributed by atoms with Crippen LogP contribution in [0.15, 0.2) is 87.1 Å². The lowest BCUT2D eigenvalue weighted by Gasteiger charge is -2.07. The van der Waals surface area contributed by atoms with Crippen LogP contribution >= 0.6 is 0 Å². The summed E-state index contributed by atoms with van der Waals surface area (Å²) in [5.74, 6) is -1.02. The molecule has 0 aliphatic rings. The van der Waals surface area contributed by atoms with Gasteiger partial charge in [-0.05, 0) is 61.0 Å². The molecule has 0 radical (unpaired) electrons. The van der Waals surface area contributed by atoms with E-state index in [2.05, 4.69) is 10.3 Å². The first-order valence-corrected chi connectivity index (χ1v) is 10.9. The fraction of sp³-hybridized carbons (Fsp3) is 0.0870. The van der Waals surface area contributed by atoms with E-state index >= 15 is 0 Å². The molecule has 0 saturated heterocycles. The molecule has 8 heteroatoms. The van der Waals surface area contributed by atoms with Crippen molar-refractivity contribution in [3.8, 4) is 11.5 Å². The smallest absolute Gasteiger partial charge is 0.234 e. The Morgan fingerprint density at radius 3 is 2.06 bits per heavy atom. The first kappa shape index (κ1) is 20.7. The van der Waals surface area contributed by atoms with Crippen molar-refractivity contribution >= 4 is 15.7 Å². The van der Waals surface area contributed by atoms with Crippen molar-refractivity contribution in [1.82, 2.24) is 4.98 Å². The van der Waals surface area contributed by atoms with Gasteiger partial charge in [-0.3, -0.25) is 0 Å². The van der Waals surface area contributed by atoms with Crippen molar-refractivity contribution in [2.24, 2.45) is 0 Å². The van der Waals surface area contributed by atoms with E-state index in [1.807, 2.05) is 31.2 Å². The van der Waals surface area contributed by atoms with E-state index in [0.717, 1.165) is 23.3 Å². The number of hydrogen-bond acceptors (Lipinski definition) is 5. The summed E-state index contributed by atoms with van der Waals surface area (Å²) < 4.78 is 58.6. The van der Waals surface area contributed by atoms with Crippen LogP contribution in [0.1, 0.15) is 11.1 Å². The molecule has 1 N–H and O–H groups in total. The average molecular weight is 440 g/mol. The Morgan fingerprint density at radius 2 is 1.45 bits per heavy atom. The summed E-state index contributed by atoms with van der Waals surface area (Å²) in [5, 5.41) is 2.65. The molecule has 4 rings (SSSR count). The minimum absolute atomic E-state index is 0.0205. The fourth-order valence-corrected chi connectivity index (χ4v) is 4.21. The maximum Gasteiger partial charge on any atom is 0.234 e. The maximum absolute atomic E-state index is 13.3. The van der Waals surface area contributed by atoms with E-state index in [9.17, 15) is 17.2 Å². The number of nitrogens with zero attached hydrogens (tertiary/aromatic N) is 1. The van der Waals surface area contributed by atoms with E-state index in [0.29, 0.717) is 12.1 Å². The second-order valence-corrected chi connectivity index (χ2v) is 8.82. The molecule has 0 aliphatic carbocycles. The highest BCUT2D eigenvalue weighted by molar-refractivity contribution is 7.91. The van der Waals surface area contributed by atoms with Crippen LogP contribution in [0.3, 0.4) is 0 Å². The van der Waals surface area contributed by atoms with Crippen molar-refractivity contribution in [1.29, 1.82) is 0 Å². The Labute approximate surface area is 178 Å². The summed E-state index contributed by atoms with van der Waals surface area (Å²) in [6.45, 7) is 2.26. The van der Waals surface area contributed by atoms with Gasteiger partial charge in [0, 0.05) is 12.1 Å². The second-order valence-electron chi connectivity index (χ2n) is 6.96. The van der Waals surface area contributed by atoms with E-state index in [1.54, 1.807) is 0 Å². The number of sulfone groups is 1. The minimum atomic E-state index is -4.10. The summed E-state index contributed by atoms with van der Waals surface area (Å²) >= 11 is 0. The number of hydrogen-bond donors (Lipinski definition) is 1. The minimum Gasteiger partial charge on any atom is -0.419 e. The summed E-state index contributed by atoms with van der Waals surface area (Å²) in [6.07, 6.45) is 0. The Morgan fingerprint density at radius 1 is 0.871 bits per heavy atom. The normalized spacial score (nSPS) is 11.5. The zero-order valence-corrected chi connectivity index (χ0v) is 17.3. The number of oxazole rings is 1. The lowest BCUT2D eigenvalue weighted by molar-refractivity contribution is 0.576. The van der Waals surface area contributed by atoms with E-state index in [4.69, 9.17) is 4.42 Å². The lowest BCUT2D eigenvalue weighted by atomic mass is 10.1. The fourth-order valence-electron chi connectivity index (χ4n) is 2.93. The summed E-state index contributed by atoms with van der Waals surface area (Å²) in [6, 6.07) is 17.5. The molecule has 0 amide bonds. The Balaban J connectivity index is 1.74. The van der Waals surface area contributed by atoms with E-state index < -0.39 is 21.5 Å². The van der Waals surface area contributed by atoms with Crippen LogP contribution in [-0.4, -0.2) is 13.4 Å². The number of aromatic nitrogens is 1. The van der Waals surface area contributed by atoms with Gasteiger partial charge in [-0.15, -0.1) is 0 Å². The van der Waals surface area contributed by atoms with Gasteiger partial charge in [0.1, 0.15) is 11.6 Å². The summed E-state index contributed by atoms with van der Waals surface area (Å²) in [5.41, 5.74) is 2.43. The molecule has 0 aliphatic heterocycles. The molecule has 0 atom stereocenters. The number of aryl methyl sites for hydroxylation is 1. The molecule has 1 heterocycles. The third kappa shape index (κ3) is 4.49. The highest BCUT2D eigenvalue weighted by atomic mass is 32.2. The van der Waals surface area contributed by atoms with Crippen LogP contribution in [0.25, 0.3) is 11.5 Å². The molecule has 4 aromatic rings. The molecule has 0 spiro atoms. The summed E-state index contributed by atoms with van der Waals surface area (Å²) in [4.78, 5) is 4.05. The number of nitrogens with one attached hydrogen (secondary N) is 1. The van der Waals surface area contributed by atoms with Gasteiger partial charge in [0.2, 0.25) is 26.6 Å². The van der Waals surface area contributed by atoms with Crippen molar-refractivity contribution in [3.05, 3.63) is 95.6 Å². The van der Waals surface area contributed by atoms with Gasteiger partial charge in [-0.25, -0.2) is 17.2 Å². The molecule has 0 unspecified atom stereocenters. The van der Waals surface area contributed by atoms with Crippen molar-refractivity contribution in [2.75, 3.05) is 5.32 Å². The molecule has 1 aromatic heterocycles. The molecule has 31 heavy (non-hydrogen) atoms. The number of halogens is 2. The van der Waals surface area contributed by atoms with Gasteiger partial charge in [-0.2, -0.15) is 4.98 Å². The van der Waals surface area contributed by atoms with Crippen LogP contribution in [0.2, 0.25) is 0 Å². The average Bonchev–Trinajstić information content (AvgIpc) is 3.19. The first-order valence-electron chi connectivity index (χ1n) is 9.40. The quantitative estimate of drug-likeness (QED) is 0.408. The molecule has 0 bridgehead atoms. The van der Waals surface area contributed by atoms with Gasteiger partial charge in [0.05, 0.1) is 4.90 Å². The SMILES string of the molecule is Cc1ccc(CNc2oc(-c3ccc(F)cc3)nc2S(=O)(=O)c2ccc(F)cc2)cc1. The van der Waals surface area contributed by atoms with Gasteiger partial charge in [-0.1, -0.05) is 29.8 Å². The molecule has 0 saturated carbocycles. The van der Waals surface area contributed by atoms with Crippen molar-refractivity contribution < 1.29 is 21.6 Å². The van der Waals surface area contributed by atoms with E-state index in [-0.39, 0.29) is 21.7 Å². The van der Waals surface area contributed by atoms with Crippen LogP contribution in [0.4, 0.5) is 14.7 Å². The topological polar surface area (TPSA) is 72.2 Å². The molecule has 158 valence electrons. The second kappa shape index (κ2) is 8.31. The largest absolute Gasteiger partial charge is 0.419 e. The van der Waals surface area contributed by atoms with Crippen LogP contribution in [0.5, 0.6) is 0 Å².